The number of methoxy groups -OCH3 is 4. The van der Waals surface area contributed by atoms with Gasteiger partial charge in [0, 0.05) is 5.56 Å². The normalized spacial score (nSPS) is 11.0. The molecule has 0 unspecified atom stereocenters. The van der Waals surface area contributed by atoms with E-state index in [4.69, 9.17) is 18.9 Å². The Kier molecular flexibility index (Phi) is 7.06. The molecule has 35 heavy (non-hydrogen) atoms. The first-order valence-corrected chi connectivity index (χ1v) is 11.2. The molecule has 178 valence electrons. The smallest absolute Gasteiger partial charge is 0.182 e. The van der Waals surface area contributed by atoms with Crippen LogP contribution >= 0.6 is 0 Å². The summed E-state index contributed by atoms with van der Waals surface area (Å²) in [6.07, 6.45) is 0. The molecule has 0 aliphatic carbocycles. The SMILES string of the molecule is COc1cccc(C(=O)C(c2cccc(OC)c2)(c2cccc(OC)c2)c2cccc(OC)c2)c1. The first kappa shape index (κ1) is 23.9. The Morgan fingerprint density at radius 1 is 0.514 bits per heavy atom. The molecular formula is C30H28O5. The molecule has 0 aromatic heterocycles. The Balaban J connectivity index is 2.13. The fraction of sp³-hybridized carbons (Fsp3) is 0.167. The van der Waals surface area contributed by atoms with Crippen LogP contribution in [0.15, 0.2) is 97.1 Å². The number of hydrogen-bond donors (Lipinski definition) is 0. The van der Waals surface area contributed by atoms with Gasteiger partial charge in [0.1, 0.15) is 28.4 Å². The molecule has 0 spiro atoms. The van der Waals surface area contributed by atoms with E-state index in [9.17, 15) is 4.79 Å². The molecule has 0 saturated carbocycles. The van der Waals surface area contributed by atoms with Crippen LogP contribution in [0.1, 0.15) is 27.0 Å². The van der Waals surface area contributed by atoms with Gasteiger partial charge in [-0.05, 0) is 65.2 Å². The van der Waals surface area contributed by atoms with Crippen LogP contribution in [-0.2, 0) is 5.41 Å². The van der Waals surface area contributed by atoms with Crippen LogP contribution in [0, 0.1) is 0 Å². The monoisotopic (exact) mass is 468 g/mol. The minimum Gasteiger partial charge on any atom is -0.497 e. The molecule has 0 aliphatic heterocycles. The second-order valence-corrected chi connectivity index (χ2v) is 8.01. The number of benzene rings is 4. The van der Waals surface area contributed by atoms with E-state index >= 15 is 0 Å². The topological polar surface area (TPSA) is 54.0 Å². The highest BCUT2D eigenvalue weighted by Crippen LogP contribution is 2.45. The van der Waals surface area contributed by atoms with E-state index in [0.717, 1.165) is 16.7 Å². The molecule has 0 N–H and O–H groups in total. The van der Waals surface area contributed by atoms with Gasteiger partial charge < -0.3 is 18.9 Å². The lowest BCUT2D eigenvalue weighted by atomic mass is 9.65. The third-order valence-corrected chi connectivity index (χ3v) is 6.18. The van der Waals surface area contributed by atoms with Gasteiger partial charge in [-0.3, -0.25) is 4.79 Å². The summed E-state index contributed by atoms with van der Waals surface area (Å²) in [4.78, 5) is 14.8. The molecule has 4 aromatic rings. The Labute approximate surface area is 205 Å². The maximum atomic E-state index is 14.8. The van der Waals surface area contributed by atoms with E-state index in [0.29, 0.717) is 28.6 Å². The number of rotatable bonds is 9. The fourth-order valence-corrected chi connectivity index (χ4v) is 4.44. The highest BCUT2D eigenvalue weighted by Gasteiger charge is 2.45. The zero-order valence-electron chi connectivity index (χ0n) is 20.3. The van der Waals surface area contributed by atoms with Gasteiger partial charge in [-0.1, -0.05) is 48.5 Å². The van der Waals surface area contributed by atoms with Gasteiger partial charge in [0.15, 0.2) is 5.78 Å². The second kappa shape index (κ2) is 10.3. The molecule has 4 aromatic carbocycles. The molecule has 0 radical (unpaired) electrons. The molecule has 0 aliphatic rings. The molecule has 0 saturated heterocycles. The van der Waals surface area contributed by atoms with Gasteiger partial charge in [-0.25, -0.2) is 0 Å². The van der Waals surface area contributed by atoms with Crippen molar-refractivity contribution < 1.29 is 23.7 Å². The highest BCUT2D eigenvalue weighted by atomic mass is 16.5. The van der Waals surface area contributed by atoms with Crippen molar-refractivity contribution in [2.45, 2.75) is 5.41 Å². The molecule has 0 bridgehead atoms. The number of ketones is 1. The predicted octanol–water partition coefficient (Wildman–Crippen LogP) is 5.94. The lowest BCUT2D eigenvalue weighted by Crippen LogP contribution is -2.38. The molecule has 0 fully saturated rings. The van der Waals surface area contributed by atoms with Crippen LogP contribution in [0.25, 0.3) is 0 Å². The van der Waals surface area contributed by atoms with Crippen molar-refractivity contribution in [2.24, 2.45) is 0 Å². The highest BCUT2D eigenvalue weighted by molar-refractivity contribution is 6.09. The number of Topliss-reactive ketones (excluding diaryl/α,β-unsaturated/α-hetero) is 1. The largest absolute Gasteiger partial charge is 0.497 e. The van der Waals surface area contributed by atoms with E-state index < -0.39 is 5.41 Å². The van der Waals surface area contributed by atoms with Crippen molar-refractivity contribution >= 4 is 5.78 Å². The van der Waals surface area contributed by atoms with Gasteiger partial charge in [-0.15, -0.1) is 0 Å². The van der Waals surface area contributed by atoms with Crippen molar-refractivity contribution in [3.8, 4) is 23.0 Å². The minimum atomic E-state index is -1.23. The number of ether oxygens (including phenoxy) is 4. The lowest BCUT2D eigenvalue weighted by Gasteiger charge is -2.35. The third kappa shape index (κ3) is 4.45. The zero-order chi connectivity index (χ0) is 24.8. The summed E-state index contributed by atoms with van der Waals surface area (Å²) in [6.45, 7) is 0. The summed E-state index contributed by atoms with van der Waals surface area (Å²) < 4.78 is 22.1. The van der Waals surface area contributed by atoms with Crippen molar-refractivity contribution in [3.63, 3.8) is 0 Å². The van der Waals surface area contributed by atoms with Gasteiger partial charge >= 0.3 is 0 Å². The van der Waals surface area contributed by atoms with Crippen molar-refractivity contribution in [1.82, 2.24) is 0 Å². The minimum absolute atomic E-state index is 0.119. The van der Waals surface area contributed by atoms with Crippen LogP contribution in [0.4, 0.5) is 0 Å². The molecule has 5 heteroatoms. The Bertz CT molecular complexity index is 1210. The van der Waals surface area contributed by atoms with Crippen molar-refractivity contribution in [1.29, 1.82) is 0 Å². The molecule has 0 heterocycles. The van der Waals surface area contributed by atoms with Crippen molar-refractivity contribution in [2.75, 3.05) is 28.4 Å². The van der Waals surface area contributed by atoms with E-state index in [2.05, 4.69) is 0 Å². The summed E-state index contributed by atoms with van der Waals surface area (Å²) in [5, 5.41) is 0. The number of carbonyl (C=O) groups is 1. The summed E-state index contributed by atoms with van der Waals surface area (Å²) in [5.74, 6) is 2.43. The van der Waals surface area contributed by atoms with Gasteiger partial charge in [0.25, 0.3) is 0 Å². The van der Waals surface area contributed by atoms with Gasteiger partial charge in [-0.2, -0.15) is 0 Å². The third-order valence-electron chi connectivity index (χ3n) is 6.18. The van der Waals surface area contributed by atoms with Crippen LogP contribution in [0.2, 0.25) is 0 Å². The van der Waals surface area contributed by atoms with Gasteiger partial charge in [0.2, 0.25) is 0 Å². The molecule has 0 amide bonds. The predicted molar refractivity (Wildman–Crippen MR) is 136 cm³/mol. The van der Waals surface area contributed by atoms with Crippen LogP contribution in [0.3, 0.4) is 0 Å². The Morgan fingerprint density at radius 2 is 0.857 bits per heavy atom. The van der Waals surface area contributed by atoms with Crippen LogP contribution in [-0.4, -0.2) is 34.2 Å². The number of hydrogen-bond acceptors (Lipinski definition) is 5. The summed E-state index contributed by atoms with van der Waals surface area (Å²) >= 11 is 0. The summed E-state index contributed by atoms with van der Waals surface area (Å²) in [5.41, 5.74) is 1.55. The maximum Gasteiger partial charge on any atom is 0.182 e. The standard InChI is InChI=1S/C30H28O5/c1-32-25-13-5-9-21(17-25)29(31)30(22-10-6-14-26(18-22)33-2,23-11-7-15-27(19-23)34-3)24-12-8-16-28(20-24)35-4/h5-20H,1-4H3. The molecular weight excluding hydrogens is 440 g/mol. The van der Waals surface area contributed by atoms with E-state index in [1.807, 2.05) is 84.9 Å². The number of carbonyl (C=O) groups excluding carboxylic acids is 1. The van der Waals surface area contributed by atoms with E-state index in [1.54, 1.807) is 40.6 Å². The Morgan fingerprint density at radius 3 is 1.23 bits per heavy atom. The maximum absolute atomic E-state index is 14.8. The Hall–Kier alpha value is -4.25. The molecule has 4 rings (SSSR count). The molecule has 5 nitrogen and oxygen atoms in total. The molecule has 0 atom stereocenters. The van der Waals surface area contributed by atoms with Crippen molar-refractivity contribution in [3.05, 3.63) is 119 Å². The van der Waals surface area contributed by atoms with Gasteiger partial charge in [0.05, 0.1) is 28.4 Å². The average Bonchev–Trinajstić information content (AvgIpc) is 2.93. The lowest BCUT2D eigenvalue weighted by molar-refractivity contribution is 0.0934. The average molecular weight is 469 g/mol. The van der Waals surface area contributed by atoms with Crippen LogP contribution < -0.4 is 18.9 Å². The summed E-state index contributed by atoms with van der Waals surface area (Å²) in [6, 6.07) is 30.0. The quantitative estimate of drug-likeness (QED) is 0.225. The first-order chi connectivity index (χ1) is 17.1. The fourth-order valence-electron chi connectivity index (χ4n) is 4.44. The van der Waals surface area contributed by atoms with Crippen LogP contribution in [0.5, 0.6) is 23.0 Å². The first-order valence-electron chi connectivity index (χ1n) is 11.2. The summed E-state index contributed by atoms with van der Waals surface area (Å²) in [7, 11) is 6.42. The zero-order valence-corrected chi connectivity index (χ0v) is 20.3. The second-order valence-electron chi connectivity index (χ2n) is 8.01. The van der Waals surface area contributed by atoms with E-state index in [1.165, 1.54) is 0 Å². The van der Waals surface area contributed by atoms with E-state index in [-0.39, 0.29) is 5.78 Å².